The molecule has 0 bridgehead atoms. The van der Waals surface area contributed by atoms with Crippen LogP contribution in [0.2, 0.25) is 0 Å². The molecule has 0 saturated heterocycles. The highest BCUT2D eigenvalue weighted by atomic mass is 32.1. The number of furan rings is 1. The summed E-state index contributed by atoms with van der Waals surface area (Å²) < 4.78 is 4.92. The standard InChI is InChI=1S/C11H10N2O2S/c1-8-4-5-9(16-8)7-12-13-11(14)10-3-2-6-15-10/h2-7H,1H3,(H,13,14). The molecule has 16 heavy (non-hydrogen) atoms. The zero-order valence-electron chi connectivity index (χ0n) is 8.64. The Kier molecular flexibility index (Phi) is 3.16. The summed E-state index contributed by atoms with van der Waals surface area (Å²) in [6, 6.07) is 7.18. The highest BCUT2D eigenvalue weighted by molar-refractivity contribution is 7.13. The fourth-order valence-electron chi connectivity index (χ4n) is 1.14. The van der Waals surface area contributed by atoms with Crippen molar-refractivity contribution in [3.8, 4) is 0 Å². The number of nitrogens with zero attached hydrogens (tertiary/aromatic N) is 1. The van der Waals surface area contributed by atoms with Gasteiger partial charge in [-0.05, 0) is 31.2 Å². The molecule has 0 aliphatic carbocycles. The Morgan fingerprint density at radius 3 is 3.00 bits per heavy atom. The Labute approximate surface area is 96.6 Å². The van der Waals surface area contributed by atoms with Crippen LogP contribution in [-0.4, -0.2) is 12.1 Å². The van der Waals surface area contributed by atoms with Gasteiger partial charge in [0.15, 0.2) is 5.76 Å². The van der Waals surface area contributed by atoms with Crippen LogP contribution in [0.3, 0.4) is 0 Å². The van der Waals surface area contributed by atoms with Gasteiger partial charge >= 0.3 is 5.91 Å². The number of nitrogens with one attached hydrogen (secondary N) is 1. The van der Waals surface area contributed by atoms with Crippen molar-refractivity contribution in [1.82, 2.24) is 5.43 Å². The van der Waals surface area contributed by atoms with Crippen LogP contribution < -0.4 is 5.43 Å². The number of amides is 1. The molecule has 4 nitrogen and oxygen atoms in total. The number of hydrogen-bond acceptors (Lipinski definition) is 4. The SMILES string of the molecule is Cc1ccc(C=NNC(=O)c2ccco2)s1. The van der Waals surface area contributed by atoms with Gasteiger partial charge in [0, 0.05) is 9.75 Å². The zero-order valence-corrected chi connectivity index (χ0v) is 9.45. The van der Waals surface area contributed by atoms with Crippen molar-refractivity contribution in [2.45, 2.75) is 6.92 Å². The number of hydrazone groups is 1. The molecule has 0 fully saturated rings. The summed E-state index contributed by atoms with van der Waals surface area (Å²) in [5.74, 6) is -0.103. The van der Waals surface area contributed by atoms with Crippen molar-refractivity contribution in [3.63, 3.8) is 0 Å². The van der Waals surface area contributed by atoms with E-state index in [0.29, 0.717) is 0 Å². The van der Waals surface area contributed by atoms with Crippen LogP contribution in [0.5, 0.6) is 0 Å². The quantitative estimate of drug-likeness (QED) is 0.655. The fourth-order valence-corrected chi connectivity index (χ4v) is 1.89. The Morgan fingerprint density at radius 2 is 2.38 bits per heavy atom. The molecule has 1 N–H and O–H groups in total. The van der Waals surface area contributed by atoms with Crippen LogP contribution in [0.4, 0.5) is 0 Å². The van der Waals surface area contributed by atoms with E-state index in [1.807, 2.05) is 19.1 Å². The molecule has 0 aliphatic heterocycles. The van der Waals surface area contributed by atoms with Crippen molar-refractivity contribution in [2.75, 3.05) is 0 Å². The molecule has 2 rings (SSSR count). The van der Waals surface area contributed by atoms with E-state index in [2.05, 4.69) is 10.5 Å². The molecule has 0 radical (unpaired) electrons. The predicted molar refractivity (Wildman–Crippen MR) is 62.8 cm³/mol. The van der Waals surface area contributed by atoms with E-state index in [1.165, 1.54) is 11.1 Å². The number of carbonyl (C=O) groups is 1. The zero-order chi connectivity index (χ0) is 11.4. The summed E-state index contributed by atoms with van der Waals surface area (Å²) in [6.45, 7) is 2.02. The second-order valence-electron chi connectivity index (χ2n) is 3.12. The summed E-state index contributed by atoms with van der Waals surface area (Å²) in [6.07, 6.45) is 3.06. The molecule has 82 valence electrons. The van der Waals surface area contributed by atoms with Gasteiger partial charge in [0.25, 0.3) is 0 Å². The van der Waals surface area contributed by atoms with E-state index >= 15 is 0 Å². The first-order valence-electron chi connectivity index (χ1n) is 4.69. The number of hydrogen-bond donors (Lipinski definition) is 1. The normalized spacial score (nSPS) is 10.8. The van der Waals surface area contributed by atoms with Gasteiger partial charge in [-0.2, -0.15) is 5.10 Å². The largest absolute Gasteiger partial charge is 0.459 e. The monoisotopic (exact) mass is 234 g/mol. The van der Waals surface area contributed by atoms with Gasteiger partial charge in [-0.15, -0.1) is 11.3 Å². The molecule has 0 aromatic carbocycles. The van der Waals surface area contributed by atoms with Crippen molar-refractivity contribution in [2.24, 2.45) is 5.10 Å². The Bertz CT molecular complexity index is 500. The lowest BCUT2D eigenvalue weighted by atomic mass is 10.4. The molecule has 5 heteroatoms. The first-order chi connectivity index (χ1) is 7.75. The fraction of sp³-hybridized carbons (Fsp3) is 0.0909. The third-order valence-electron chi connectivity index (χ3n) is 1.86. The minimum atomic E-state index is -0.352. The van der Waals surface area contributed by atoms with Crippen molar-refractivity contribution in [3.05, 3.63) is 46.0 Å². The van der Waals surface area contributed by atoms with Crippen molar-refractivity contribution < 1.29 is 9.21 Å². The van der Waals surface area contributed by atoms with Gasteiger partial charge in [-0.1, -0.05) is 0 Å². The van der Waals surface area contributed by atoms with E-state index in [0.717, 1.165) is 4.88 Å². The van der Waals surface area contributed by atoms with E-state index in [9.17, 15) is 4.79 Å². The molecule has 1 amide bonds. The number of aryl methyl sites for hydroxylation is 1. The van der Waals surface area contributed by atoms with Gasteiger partial charge in [0.1, 0.15) is 0 Å². The Morgan fingerprint density at radius 1 is 1.50 bits per heavy atom. The van der Waals surface area contributed by atoms with Gasteiger partial charge in [0.2, 0.25) is 0 Å². The average Bonchev–Trinajstić information content (AvgIpc) is 2.89. The molecule has 0 atom stereocenters. The van der Waals surface area contributed by atoms with Crippen molar-refractivity contribution in [1.29, 1.82) is 0 Å². The summed E-state index contributed by atoms with van der Waals surface area (Å²) in [7, 11) is 0. The molecule has 0 aliphatic rings. The highest BCUT2D eigenvalue weighted by Crippen LogP contribution is 2.12. The Hall–Kier alpha value is -1.88. The maximum atomic E-state index is 11.4. The van der Waals surface area contributed by atoms with E-state index < -0.39 is 0 Å². The van der Waals surface area contributed by atoms with Crippen molar-refractivity contribution >= 4 is 23.5 Å². The molecule has 2 aromatic heterocycles. The molecule has 0 unspecified atom stereocenters. The van der Waals surface area contributed by atoms with Gasteiger partial charge in [-0.25, -0.2) is 5.43 Å². The maximum Gasteiger partial charge on any atom is 0.307 e. The van der Waals surface area contributed by atoms with Gasteiger partial charge < -0.3 is 4.42 Å². The molecular formula is C11H10N2O2S. The van der Waals surface area contributed by atoms with Crippen LogP contribution in [0.25, 0.3) is 0 Å². The number of rotatable bonds is 3. The van der Waals surface area contributed by atoms with Crippen LogP contribution in [0.15, 0.2) is 40.0 Å². The highest BCUT2D eigenvalue weighted by Gasteiger charge is 2.05. The topological polar surface area (TPSA) is 54.6 Å². The average molecular weight is 234 g/mol. The lowest BCUT2D eigenvalue weighted by Crippen LogP contribution is -2.16. The molecule has 0 spiro atoms. The number of carbonyl (C=O) groups excluding carboxylic acids is 1. The maximum absolute atomic E-state index is 11.4. The number of thiophene rings is 1. The molecular weight excluding hydrogens is 224 g/mol. The summed E-state index contributed by atoms with van der Waals surface area (Å²) in [4.78, 5) is 13.6. The first kappa shape index (κ1) is 10.6. The third-order valence-corrected chi connectivity index (χ3v) is 2.80. The summed E-state index contributed by atoms with van der Waals surface area (Å²) in [5.41, 5.74) is 2.39. The summed E-state index contributed by atoms with van der Waals surface area (Å²) >= 11 is 1.61. The van der Waals surface area contributed by atoms with Crippen LogP contribution >= 0.6 is 11.3 Å². The van der Waals surface area contributed by atoms with Crippen LogP contribution in [0, 0.1) is 6.92 Å². The van der Waals surface area contributed by atoms with Gasteiger partial charge in [0.05, 0.1) is 12.5 Å². The third kappa shape index (κ3) is 2.58. The van der Waals surface area contributed by atoms with E-state index in [4.69, 9.17) is 4.42 Å². The molecule has 2 heterocycles. The molecule has 2 aromatic rings. The smallest absolute Gasteiger partial charge is 0.307 e. The van der Waals surface area contributed by atoms with Crippen LogP contribution in [0.1, 0.15) is 20.3 Å². The lowest BCUT2D eigenvalue weighted by molar-refractivity contribution is 0.0927. The predicted octanol–water partition coefficient (Wildman–Crippen LogP) is 2.41. The van der Waals surface area contributed by atoms with Crippen LogP contribution in [-0.2, 0) is 0 Å². The Balaban J connectivity index is 1.93. The minimum Gasteiger partial charge on any atom is -0.459 e. The van der Waals surface area contributed by atoms with E-state index in [-0.39, 0.29) is 11.7 Å². The van der Waals surface area contributed by atoms with E-state index in [1.54, 1.807) is 29.7 Å². The second-order valence-corrected chi connectivity index (χ2v) is 4.44. The molecule has 0 saturated carbocycles. The van der Waals surface area contributed by atoms with Gasteiger partial charge in [-0.3, -0.25) is 4.79 Å². The second kappa shape index (κ2) is 4.76. The first-order valence-corrected chi connectivity index (χ1v) is 5.51. The summed E-state index contributed by atoms with van der Waals surface area (Å²) in [5, 5.41) is 3.84. The minimum absolute atomic E-state index is 0.250. The lowest BCUT2D eigenvalue weighted by Gasteiger charge is -1.93.